The number of allylic oxidation sites excluding steroid dienone is 1. The van der Waals surface area contributed by atoms with Crippen LogP contribution in [0.5, 0.6) is 5.88 Å². The molecule has 0 aliphatic heterocycles. The molecule has 0 bridgehead atoms. The van der Waals surface area contributed by atoms with Crippen LogP contribution in [-0.2, 0) is 6.42 Å². The van der Waals surface area contributed by atoms with Crippen LogP contribution >= 0.6 is 0 Å². The highest BCUT2D eigenvalue weighted by molar-refractivity contribution is 5.18. The zero-order valence-electron chi connectivity index (χ0n) is 12.4. The van der Waals surface area contributed by atoms with E-state index in [2.05, 4.69) is 36.8 Å². The van der Waals surface area contributed by atoms with Gasteiger partial charge in [0.25, 0.3) is 0 Å². The first-order chi connectivity index (χ1) is 9.15. The van der Waals surface area contributed by atoms with E-state index in [-0.39, 0.29) is 0 Å². The van der Waals surface area contributed by atoms with E-state index < -0.39 is 0 Å². The molecule has 3 nitrogen and oxygen atoms in total. The van der Waals surface area contributed by atoms with Crippen molar-refractivity contribution < 1.29 is 4.74 Å². The molecule has 0 spiro atoms. The predicted octanol–water partition coefficient (Wildman–Crippen LogP) is 3.36. The van der Waals surface area contributed by atoms with Gasteiger partial charge in [0.15, 0.2) is 0 Å². The fourth-order valence-electron chi connectivity index (χ4n) is 1.98. The van der Waals surface area contributed by atoms with Crippen molar-refractivity contribution in [1.82, 2.24) is 10.3 Å². The third kappa shape index (κ3) is 6.39. The van der Waals surface area contributed by atoms with Crippen molar-refractivity contribution in [2.24, 2.45) is 0 Å². The van der Waals surface area contributed by atoms with Gasteiger partial charge in [0.05, 0.1) is 7.11 Å². The number of methoxy groups -OCH3 is 1. The van der Waals surface area contributed by atoms with Crippen LogP contribution in [-0.4, -0.2) is 24.7 Å². The zero-order chi connectivity index (χ0) is 14.1. The average Bonchev–Trinajstić information content (AvgIpc) is 2.42. The van der Waals surface area contributed by atoms with Crippen molar-refractivity contribution in [1.29, 1.82) is 0 Å². The first kappa shape index (κ1) is 15.7. The van der Waals surface area contributed by atoms with Gasteiger partial charge in [-0.05, 0) is 44.7 Å². The van der Waals surface area contributed by atoms with E-state index in [1.165, 1.54) is 11.1 Å². The second-order valence-electron chi connectivity index (χ2n) is 5.06. The van der Waals surface area contributed by atoms with E-state index in [0.717, 1.165) is 32.2 Å². The molecule has 0 fully saturated rings. The van der Waals surface area contributed by atoms with Crippen LogP contribution in [0.3, 0.4) is 0 Å². The summed E-state index contributed by atoms with van der Waals surface area (Å²) in [6, 6.07) is 4.50. The number of aromatic nitrogens is 1. The molecular formula is C16H26N2O. The molecule has 0 aromatic carbocycles. The van der Waals surface area contributed by atoms with E-state index in [0.29, 0.717) is 11.9 Å². The topological polar surface area (TPSA) is 34.1 Å². The van der Waals surface area contributed by atoms with Gasteiger partial charge in [-0.1, -0.05) is 18.6 Å². The molecule has 1 aromatic rings. The summed E-state index contributed by atoms with van der Waals surface area (Å²) in [5.41, 5.74) is 2.49. The monoisotopic (exact) mass is 262 g/mol. The maximum Gasteiger partial charge on any atom is 0.212 e. The molecule has 1 aromatic heterocycles. The van der Waals surface area contributed by atoms with Gasteiger partial charge in [-0.3, -0.25) is 0 Å². The third-order valence-electron chi connectivity index (χ3n) is 3.09. The minimum atomic E-state index is 0.492. The summed E-state index contributed by atoms with van der Waals surface area (Å²) >= 11 is 0. The van der Waals surface area contributed by atoms with Crippen LogP contribution in [0.15, 0.2) is 30.5 Å². The van der Waals surface area contributed by atoms with Crippen molar-refractivity contribution in [3.8, 4) is 5.88 Å². The Morgan fingerprint density at radius 3 is 2.79 bits per heavy atom. The van der Waals surface area contributed by atoms with E-state index in [1.54, 1.807) is 7.11 Å². The molecule has 0 aliphatic rings. The minimum absolute atomic E-state index is 0.492. The maximum atomic E-state index is 5.08. The Kier molecular flexibility index (Phi) is 7.19. The lowest BCUT2D eigenvalue weighted by Crippen LogP contribution is -2.31. The van der Waals surface area contributed by atoms with Gasteiger partial charge in [0.1, 0.15) is 0 Å². The van der Waals surface area contributed by atoms with E-state index in [9.17, 15) is 0 Å². The molecule has 19 heavy (non-hydrogen) atoms. The van der Waals surface area contributed by atoms with Crippen molar-refractivity contribution in [2.75, 3.05) is 13.7 Å². The molecule has 1 unspecified atom stereocenters. The van der Waals surface area contributed by atoms with Gasteiger partial charge in [0.2, 0.25) is 5.88 Å². The van der Waals surface area contributed by atoms with Crippen molar-refractivity contribution >= 4 is 0 Å². The molecule has 0 saturated heterocycles. The zero-order valence-corrected chi connectivity index (χ0v) is 12.4. The fraction of sp³-hybridized carbons (Fsp3) is 0.562. The molecule has 1 atom stereocenters. The standard InChI is InChI=1S/C16H26N2O/c1-5-10-17-15(8-6-13(2)3)11-14-7-9-16(19-4)18-12-14/h7,9,12,15,17H,2,5-6,8,10-11H2,1,3-4H3. The number of nitrogens with one attached hydrogen (secondary N) is 1. The molecule has 1 N–H and O–H groups in total. The summed E-state index contributed by atoms with van der Waals surface area (Å²) in [5.74, 6) is 0.670. The minimum Gasteiger partial charge on any atom is -0.481 e. The van der Waals surface area contributed by atoms with Gasteiger partial charge >= 0.3 is 0 Å². The van der Waals surface area contributed by atoms with Gasteiger partial charge in [-0.2, -0.15) is 0 Å². The van der Waals surface area contributed by atoms with Crippen molar-refractivity contribution in [2.45, 2.75) is 45.6 Å². The summed E-state index contributed by atoms with van der Waals surface area (Å²) in [6.07, 6.45) is 6.27. The number of hydrogen-bond acceptors (Lipinski definition) is 3. The van der Waals surface area contributed by atoms with Gasteiger partial charge < -0.3 is 10.1 Å². The molecule has 0 aliphatic carbocycles. The number of ether oxygens (including phenoxy) is 1. The highest BCUT2D eigenvalue weighted by Crippen LogP contribution is 2.12. The molecule has 106 valence electrons. The Hall–Kier alpha value is -1.35. The number of nitrogens with zero attached hydrogens (tertiary/aromatic N) is 1. The lowest BCUT2D eigenvalue weighted by atomic mass is 10.0. The summed E-state index contributed by atoms with van der Waals surface area (Å²) in [4.78, 5) is 4.26. The first-order valence-corrected chi connectivity index (χ1v) is 7.02. The smallest absolute Gasteiger partial charge is 0.212 e. The van der Waals surface area contributed by atoms with E-state index in [1.807, 2.05) is 12.3 Å². The fourth-order valence-corrected chi connectivity index (χ4v) is 1.98. The van der Waals surface area contributed by atoms with Crippen LogP contribution in [0.4, 0.5) is 0 Å². The Labute approximate surface area is 117 Å². The Morgan fingerprint density at radius 2 is 2.26 bits per heavy atom. The van der Waals surface area contributed by atoms with Crippen molar-refractivity contribution in [3.63, 3.8) is 0 Å². The summed E-state index contributed by atoms with van der Waals surface area (Å²) < 4.78 is 5.08. The van der Waals surface area contributed by atoms with E-state index in [4.69, 9.17) is 4.74 Å². The highest BCUT2D eigenvalue weighted by Gasteiger charge is 2.09. The summed E-state index contributed by atoms with van der Waals surface area (Å²) in [7, 11) is 1.64. The normalized spacial score (nSPS) is 12.2. The second-order valence-corrected chi connectivity index (χ2v) is 5.06. The lowest BCUT2D eigenvalue weighted by molar-refractivity contribution is 0.397. The maximum absolute atomic E-state index is 5.08. The molecule has 0 saturated carbocycles. The lowest BCUT2D eigenvalue weighted by Gasteiger charge is -2.18. The van der Waals surface area contributed by atoms with Crippen LogP contribution in [0.25, 0.3) is 0 Å². The van der Waals surface area contributed by atoms with Gasteiger partial charge in [0, 0.05) is 18.3 Å². The average molecular weight is 262 g/mol. The summed E-state index contributed by atoms with van der Waals surface area (Å²) in [5, 5.41) is 3.60. The highest BCUT2D eigenvalue weighted by atomic mass is 16.5. The molecule has 1 rings (SSSR count). The molecule has 0 amide bonds. The Bertz CT molecular complexity index is 373. The SMILES string of the molecule is C=C(C)CCC(Cc1ccc(OC)nc1)NCCC. The quantitative estimate of drug-likeness (QED) is 0.693. The Balaban J connectivity index is 2.55. The Morgan fingerprint density at radius 1 is 1.47 bits per heavy atom. The molecular weight excluding hydrogens is 236 g/mol. The predicted molar refractivity (Wildman–Crippen MR) is 80.6 cm³/mol. The number of hydrogen-bond donors (Lipinski definition) is 1. The van der Waals surface area contributed by atoms with Gasteiger partial charge in [-0.15, -0.1) is 6.58 Å². The van der Waals surface area contributed by atoms with Crippen molar-refractivity contribution in [3.05, 3.63) is 36.0 Å². The van der Waals surface area contributed by atoms with Gasteiger partial charge in [-0.25, -0.2) is 4.98 Å². The largest absolute Gasteiger partial charge is 0.481 e. The third-order valence-corrected chi connectivity index (χ3v) is 3.09. The second kappa shape index (κ2) is 8.70. The van der Waals surface area contributed by atoms with Crippen LogP contribution in [0.1, 0.15) is 38.7 Å². The van der Waals surface area contributed by atoms with Crippen LogP contribution in [0.2, 0.25) is 0 Å². The number of pyridine rings is 1. The van der Waals surface area contributed by atoms with Crippen LogP contribution in [0, 0.1) is 0 Å². The van der Waals surface area contributed by atoms with Crippen LogP contribution < -0.4 is 10.1 Å². The first-order valence-electron chi connectivity index (χ1n) is 7.02. The number of rotatable bonds is 9. The molecule has 1 heterocycles. The molecule has 0 radical (unpaired) electrons. The molecule has 3 heteroatoms. The van der Waals surface area contributed by atoms with E-state index >= 15 is 0 Å². The summed E-state index contributed by atoms with van der Waals surface area (Å²) in [6.45, 7) is 9.32.